The molecule has 0 aromatic carbocycles. The van der Waals surface area contributed by atoms with Crippen LogP contribution in [0.15, 0.2) is 0 Å². The van der Waals surface area contributed by atoms with Gasteiger partial charge in [-0.1, -0.05) is 0 Å². The Morgan fingerprint density at radius 3 is 1.60 bits per heavy atom. The van der Waals surface area contributed by atoms with Gasteiger partial charge in [-0.3, -0.25) is 24.0 Å². The number of rotatable bonds is 9. The summed E-state index contributed by atoms with van der Waals surface area (Å²) in [5.74, 6) is -3.39. The highest BCUT2D eigenvalue weighted by Gasteiger charge is 2.44. The molecule has 0 rings (SSSR count). The summed E-state index contributed by atoms with van der Waals surface area (Å²) in [4.78, 5) is 56.5. The highest BCUT2D eigenvalue weighted by atomic mass is 79.9. The quantitative estimate of drug-likeness (QED) is 0.294. The van der Waals surface area contributed by atoms with Gasteiger partial charge in [0.1, 0.15) is 12.7 Å². The van der Waals surface area contributed by atoms with Gasteiger partial charge in [-0.05, 0) is 15.9 Å². The number of hydrogen-bond donors (Lipinski definition) is 1. The van der Waals surface area contributed by atoms with Gasteiger partial charge in [-0.25, -0.2) is 0 Å². The topological polar surface area (TPSA) is 143 Å². The zero-order valence-corrected chi connectivity index (χ0v) is 15.6. The predicted molar refractivity (Wildman–Crippen MR) is 83.2 cm³/mol. The zero-order chi connectivity index (χ0) is 19.7. The molecular weight excluding hydrogens is 408 g/mol. The van der Waals surface area contributed by atoms with Crippen LogP contribution in [0.25, 0.3) is 0 Å². The van der Waals surface area contributed by atoms with Gasteiger partial charge in [-0.15, -0.1) is 0 Å². The van der Waals surface area contributed by atoms with Crippen LogP contribution in [-0.4, -0.2) is 64.7 Å². The normalized spacial score (nSPS) is 15.1. The summed E-state index contributed by atoms with van der Waals surface area (Å²) in [5, 5.41) is 10.1. The van der Waals surface area contributed by atoms with Crippen molar-refractivity contribution in [1.29, 1.82) is 0 Å². The summed E-state index contributed by atoms with van der Waals surface area (Å²) in [6.45, 7) is 3.48. The molecule has 11 heteroatoms. The largest absolute Gasteiger partial charge is 0.463 e. The molecule has 0 aliphatic carbocycles. The molecule has 0 bridgehead atoms. The number of hydrogen-bond acceptors (Lipinski definition) is 10. The van der Waals surface area contributed by atoms with E-state index < -0.39 is 59.6 Å². The summed E-state index contributed by atoms with van der Waals surface area (Å²) >= 11 is 2.59. The molecule has 0 heterocycles. The monoisotopic (exact) mass is 426 g/mol. The molecule has 0 aliphatic rings. The van der Waals surface area contributed by atoms with Crippen LogP contribution in [0.1, 0.15) is 27.7 Å². The van der Waals surface area contributed by atoms with Gasteiger partial charge < -0.3 is 24.1 Å². The highest BCUT2D eigenvalue weighted by molar-refractivity contribution is 9.18. The van der Waals surface area contributed by atoms with E-state index in [0.717, 1.165) is 27.7 Å². The summed E-state index contributed by atoms with van der Waals surface area (Å²) in [7, 11) is 0. The van der Waals surface area contributed by atoms with E-state index in [-0.39, 0.29) is 0 Å². The average Bonchev–Trinajstić information content (AvgIpc) is 2.45. The smallest absolute Gasteiger partial charge is 0.303 e. The van der Waals surface area contributed by atoms with Crippen LogP contribution in [0.4, 0.5) is 0 Å². The number of aliphatic hydroxyl groups excluding tert-OH is 1. The Balaban J connectivity index is 5.74. The van der Waals surface area contributed by atoms with Crippen molar-refractivity contribution in [2.75, 3.05) is 6.61 Å². The lowest BCUT2D eigenvalue weighted by Crippen LogP contribution is -2.53. The van der Waals surface area contributed by atoms with Gasteiger partial charge in [0, 0.05) is 27.7 Å². The fraction of sp³-hybridized carbons (Fsp3) is 0.643. The number of carbonyl (C=O) groups excluding carboxylic acids is 5. The number of aliphatic hydroxyl groups is 1. The van der Waals surface area contributed by atoms with Crippen molar-refractivity contribution < 1.29 is 48.0 Å². The molecule has 0 saturated carbocycles. The van der Waals surface area contributed by atoms with E-state index in [4.69, 9.17) is 14.2 Å². The number of esters is 4. The van der Waals surface area contributed by atoms with Crippen LogP contribution in [0, 0.1) is 0 Å². The fourth-order valence-electron chi connectivity index (χ4n) is 1.77. The number of halogens is 1. The molecule has 142 valence electrons. The van der Waals surface area contributed by atoms with Gasteiger partial charge in [0.25, 0.3) is 0 Å². The standard InChI is InChI=1S/C14H19BrO10/c1-6(16)22-5-10(20)11(23-7(2)17)12(24-8(3)18)13(14(15)21)25-9(4)19/h10-13,20H,5H2,1-4H3/t10-,11-,12+,13-/m1/s1. The maximum absolute atomic E-state index is 11.7. The maximum atomic E-state index is 11.7. The van der Waals surface area contributed by atoms with E-state index in [1.807, 2.05) is 0 Å². The lowest BCUT2D eigenvalue weighted by molar-refractivity contribution is -0.195. The minimum Gasteiger partial charge on any atom is -0.463 e. The fourth-order valence-corrected chi connectivity index (χ4v) is 2.12. The van der Waals surface area contributed by atoms with Gasteiger partial charge in [0.15, 0.2) is 12.2 Å². The van der Waals surface area contributed by atoms with Crippen LogP contribution >= 0.6 is 15.9 Å². The first-order valence-corrected chi connectivity index (χ1v) is 7.77. The minimum absolute atomic E-state index is 0.617. The maximum Gasteiger partial charge on any atom is 0.303 e. The molecule has 25 heavy (non-hydrogen) atoms. The van der Waals surface area contributed by atoms with Crippen molar-refractivity contribution >= 4 is 44.5 Å². The molecular formula is C14H19BrO10. The third-order valence-corrected chi connectivity index (χ3v) is 3.03. The van der Waals surface area contributed by atoms with Crippen molar-refractivity contribution in [3.63, 3.8) is 0 Å². The Morgan fingerprint density at radius 2 is 1.24 bits per heavy atom. The summed E-state index contributed by atoms with van der Waals surface area (Å²) in [6, 6.07) is 0. The first-order valence-electron chi connectivity index (χ1n) is 6.98. The molecule has 4 atom stereocenters. The molecule has 0 aliphatic heterocycles. The molecule has 0 spiro atoms. The van der Waals surface area contributed by atoms with Crippen LogP contribution in [0.5, 0.6) is 0 Å². The minimum atomic E-state index is -1.71. The SMILES string of the molecule is CC(=O)OC[C@@H](O)[C@@H](OC(C)=O)[C@H](OC(C)=O)[C@@H](OC(C)=O)C(=O)Br. The van der Waals surface area contributed by atoms with E-state index in [2.05, 4.69) is 20.7 Å². The zero-order valence-electron chi connectivity index (χ0n) is 14.0. The highest BCUT2D eigenvalue weighted by Crippen LogP contribution is 2.20. The molecule has 0 saturated heterocycles. The molecule has 0 amide bonds. The molecule has 0 aromatic heterocycles. The van der Waals surface area contributed by atoms with E-state index in [0.29, 0.717) is 0 Å². The second kappa shape index (κ2) is 10.8. The second-order valence-corrected chi connectivity index (χ2v) is 5.63. The first-order chi connectivity index (χ1) is 11.5. The van der Waals surface area contributed by atoms with Crippen molar-refractivity contribution in [2.24, 2.45) is 0 Å². The van der Waals surface area contributed by atoms with Gasteiger partial charge in [0.05, 0.1) is 0 Å². The molecule has 1 N–H and O–H groups in total. The van der Waals surface area contributed by atoms with Crippen molar-refractivity contribution in [3.05, 3.63) is 0 Å². The summed E-state index contributed by atoms with van der Waals surface area (Å²) in [6.07, 6.45) is -6.70. The van der Waals surface area contributed by atoms with E-state index in [1.54, 1.807) is 0 Å². The second-order valence-electron chi connectivity index (χ2n) is 4.85. The van der Waals surface area contributed by atoms with Gasteiger partial charge >= 0.3 is 23.9 Å². The Hall–Kier alpha value is -2.01. The molecule has 0 aromatic rings. The van der Waals surface area contributed by atoms with Crippen LogP contribution < -0.4 is 0 Å². The average molecular weight is 427 g/mol. The van der Waals surface area contributed by atoms with Gasteiger partial charge in [0.2, 0.25) is 10.8 Å². The summed E-state index contributed by atoms with van der Waals surface area (Å²) < 4.78 is 18.3. The lowest BCUT2D eigenvalue weighted by atomic mass is 10.0. The Morgan fingerprint density at radius 1 is 0.800 bits per heavy atom. The third kappa shape index (κ3) is 9.15. The third-order valence-electron chi connectivity index (χ3n) is 2.58. The van der Waals surface area contributed by atoms with E-state index >= 15 is 0 Å². The Kier molecular flexibility index (Phi) is 9.91. The summed E-state index contributed by atoms with van der Waals surface area (Å²) in [5.41, 5.74) is 0. The Labute approximate surface area is 151 Å². The molecule has 0 fully saturated rings. The Bertz CT molecular complexity index is 532. The first kappa shape index (κ1) is 23.0. The molecule has 0 unspecified atom stereocenters. The van der Waals surface area contributed by atoms with E-state index in [9.17, 15) is 29.1 Å². The molecule has 0 radical (unpaired) electrons. The lowest BCUT2D eigenvalue weighted by Gasteiger charge is -2.32. The van der Waals surface area contributed by atoms with Crippen LogP contribution in [0.3, 0.4) is 0 Å². The van der Waals surface area contributed by atoms with Crippen molar-refractivity contribution in [1.82, 2.24) is 0 Å². The van der Waals surface area contributed by atoms with Gasteiger partial charge in [-0.2, -0.15) is 0 Å². The van der Waals surface area contributed by atoms with E-state index in [1.165, 1.54) is 0 Å². The predicted octanol–water partition coefficient (Wildman–Crippen LogP) is -0.373. The van der Waals surface area contributed by atoms with Crippen molar-refractivity contribution in [2.45, 2.75) is 52.1 Å². The van der Waals surface area contributed by atoms with Crippen LogP contribution in [-0.2, 0) is 42.9 Å². The molecule has 10 nitrogen and oxygen atoms in total. The number of carbonyl (C=O) groups is 5. The van der Waals surface area contributed by atoms with Crippen LogP contribution in [0.2, 0.25) is 0 Å². The van der Waals surface area contributed by atoms with Crippen molar-refractivity contribution in [3.8, 4) is 0 Å². The number of ether oxygens (including phenoxy) is 4.